The van der Waals surface area contributed by atoms with Gasteiger partial charge >= 0.3 is 0 Å². The van der Waals surface area contributed by atoms with E-state index in [9.17, 15) is 22.4 Å². The SMILES string of the molecule is CC(=O)Nc1ccc(N(CCC(=O)Nc2ccccc2F)S(C)(=O)=O)cc1. The Bertz CT molecular complexity index is 930. The van der Waals surface area contributed by atoms with Crippen molar-refractivity contribution in [2.45, 2.75) is 13.3 Å². The summed E-state index contributed by atoms with van der Waals surface area (Å²) in [4.78, 5) is 23.1. The highest BCUT2D eigenvalue weighted by Crippen LogP contribution is 2.21. The van der Waals surface area contributed by atoms with Crippen LogP contribution in [0.15, 0.2) is 48.5 Å². The average Bonchev–Trinajstić information content (AvgIpc) is 2.57. The highest BCUT2D eigenvalue weighted by atomic mass is 32.2. The fraction of sp³-hybridized carbons (Fsp3) is 0.222. The number of amides is 2. The van der Waals surface area contributed by atoms with Crippen LogP contribution in [0, 0.1) is 5.82 Å². The minimum absolute atomic E-state index is 0.0352. The Morgan fingerprint density at radius 1 is 1.04 bits per heavy atom. The van der Waals surface area contributed by atoms with Crippen LogP contribution in [0.2, 0.25) is 0 Å². The molecule has 2 aromatic carbocycles. The standard InChI is InChI=1S/C18H20FN3O4S/c1-13(23)20-14-7-9-15(10-8-14)22(27(2,25)26)12-11-18(24)21-17-6-4-3-5-16(17)19/h3-10H,11-12H2,1-2H3,(H,20,23)(H,21,24). The van der Waals surface area contributed by atoms with Crippen LogP contribution in [0.3, 0.4) is 0 Å². The molecular formula is C18H20FN3O4S. The number of nitrogens with zero attached hydrogens (tertiary/aromatic N) is 1. The van der Waals surface area contributed by atoms with Crippen molar-refractivity contribution in [2.24, 2.45) is 0 Å². The van der Waals surface area contributed by atoms with E-state index in [0.717, 1.165) is 10.6 Å². The molecule has 0 fully saturated rings. The molecule has 0 bridgehead atoms. The first kappa shape index (κ1) is 20.4. The molecule has 0 radical (unpaired) electrons. The van der Waals surface area contributed by atoms with Crippen molar-refractivity contribution in [2.75, 3.05) is 27.7 Å². The zero-order chi connectivity index (χ0) is 20.0. The molecule has 2 amide bonds. The van der Waals surface area contributed by atoms with Gasteiger partial charge < -0.3 is 10.6 Å². The summed E-state index contributed by atoms with van der Waals surface area (Å²) < 4.78 is 38.8. The van der Waals surface area contributed by atoms with Crippen LogP contribution in [-0.4, -0.2) is 33.0 Å². The van der Waals surface area contributed by atoms with E-state index in [1.165, 1.54) is 37.3 Å². The van der Waals surface area contributed by atoms with Crippen molar-refractivity contribution in [3.05, 3.63) is 54.3 Å². The number of carbonyl (C=O) groups is 2. The van der Waals surface area contributed by atoms with Gasteiger partial charge in [-0.2, -0.15) is 0 Å². The Hall–Kier alpha value is -2.94. The molecule has 0 aliphatic heterocycles. The number of hydrogen-bond donors (Lipinski definition) is 2. The number of anilines is 3. The fourth-order valence-corrected chi connectivity index (χ4v) is 3.31. The van der Waals surface area contributed by atoms with E-state index in [-0.39, 0.29) is 24.6 Å². The summed E-state index contributed by atoms with van der Waals surface area (Å²) in [6, 6.07) is 11.9. The van der Waals surface area contributed by atoms with Gasteiger partial charge in [-0.15, -0.1) is 0 Å². The lowest BCUT2D eigenvalue weighted by molar-refractivity contribution is -0.116. The van der Waals surface area contributed by atoms with Crippen LogP contribution < -0.4 is 14.9 Å². The van der Waals surface area contributed by atoms with Gasteiger partial charge in [-0.3, -0.25) is 13.9 Å². The van der Waals surface area contributed by atoms with Crippen molar-refractivity contribution >= 4 is 38.9 Å². The fourth-order valence-electron chi connectivity index (χ4n) is 2.38. The summed E-state index contributed by atoms with van der Waals surface area (Å²) in [5, 5.41) is 5.00. The molecule has 2 aromatic rings. The molecular weight excluding hydrogens is 373 g/mol. The third kappa shape index (κ3) is 6.07. The van der Waals surface area contributed by atoms with Gasteiger partial charge in [-0.1, -0.05) is 12.1 Å². The molecule has 0 aliphatic carbocycles. The van der Waals surface area contributed by atoms with E-state index in [1.54, 1.807) is 18.2 Å². The van der Waals surface area contributed by atoms with Gasteiger partial charge in [0.1, 0.15) is 5.82 Å². The second-order valence-corrected chi connectivity index (χ2v) is 7.75. The number of benzene rings is 2. The molecule has 0 aliphatic rings. The first-order valence-electron chi connectivity index (χ1n) is 8.06. The number of sulfonamides is 1. The molecule has 0 unspecified atom stereocenters. The van der Waals surface area contributed by atoms with Crippen LogP contribution >= 0.6 is 0 Å². The quantitative estimate of drug-likeness (QED) is 0.756. The van der Waals surface area contributed by atoms with Gasteiger partial charge in [-0.25, -0.2) is 12.8 Å². The van der Waals surface area contributed by atoms with Gasteiger partial charge in [0, 0.05) is 25.6 Å². The molecule has 0 saturated carbocycles. The van der Waals surface area contributed by atoms with Crippen molar-refractivity contribution in [1.82, 2.24) is 0 Å². The number of para-hydroxylation sites is 1. The second kappa shape index (κ2) is 8.63. The molecule has 0 atom stereocenters. The molecule has 9 heteroatoms. The van der Waals surface area contributed by atoms with E-state index in [4.69, 9.17) is 0 Å². The molecule has 2 rings (SSSR count). The lowest BCUT2D eigenvalue weighted by Gasteiger charge is -2.22. The minimum atomic E-state index is -3.64. The third-order valence-electron chi connectivity index (χ3n) is 3.57. The first-order valence-corrected chi connectivity index (χ1v) is 9.91. The van der Waals surface area contributed by atoms with Gasteiger partial charge in [0.15, 0.2) is 0 Å². The Morgan fingerprint density at radius 3 is 2.22 bits per heavy atom. The van der Waals surface area contributed by atoms with Crippen LogP contribution in [0.25, 0.3) is 0 Å². The molecule has 27 heavy (non-hydrogen) atoms. The zero-order valence-electron chi connectivity index (χ0n) is 14.9. The average molecular weight is 393 g/mol. The topological polar surface area (TPSA) is 95.6 Å². The second-order valence-electron chi connectivity index (χ2n) is 5.84. The summed E-state index contributed by atoms with van der Waals surface area (Å²) >= 11 is 0. The highest BCUT2D eigenvalue weighted by molar-refractivity contribution is 7.92. The van der Waals surface area contributed by atoms with Crippen LogP contribution in [0.1, 0.15) is 13.3 Å². The number of nitrogens with one attached hydrogen (secondary N) is 2. The van der Waals surface area contributed by atoms with Crippen LogP contribution in [-0.2, 0) is 19.6 Å². The Kier molecular flexibility index (Phi) is 6.51. The third-order valence-corrected chi connectivity index (χ3v) is 4.76. The maximum Gasteiger partial charge on any atom is 0.232 e. The maximum absolute atomic E-state index is 13.6. The molecule has 0 heterocycles. The number of carbonyl (C=O) groups excluding carboxylic acids is 2. The predicted octanol–water partition coefficient (Wildman–Crippen LogP) is 2.58. The Labute approximate surface area is 157 Å². The summed E-state index contributed by atoms with van der Waals surface area (Å²) in [5.74, 6) is -1.32. The first-order chi connectivity index (χ1) is 12.7. The maximum atomic E-state index is 13.6. The zero-order valence-corrected chi connectivity index (χ0v) is 15.7. The minimum Gasteiger partial charge on any atom is -0.326 e. The molecule has 0 spiro atoms. The molecule has 144 valence electrons. The lowest BCUT2D eigenvalue weighted by atomic mass is 10.2. The van der Waals surface area contributed by atoms with E-state index in [0.29, 0.717) is 11.4 Å². The summed E-state index contributed by atoms with van der Waals surface area (Å²) in [7, 11) is -3.64. The smallest absolute Gasteiger partial charge is 0.232 e. The van der Waals surface area contributed by atoms with Gasteiger partial charge in [0.05, 0.1) is 17.6 Å². The van der Waals surface area contributed by atoms with Gasteiger partial charge in [0.2, 0.25) is 21.8 Å². The Morgan fingerprint density at radius 2 is 1.67 bits per heavy atom. The monoisotopic (exact) mass is 393 g/mol. The van der Waals surface area contributed by atoms with E-state index >= 15 is 0 Å². The predicted molar refractivity (Wildman–Crippen MR) is 103 cm³/mol. The number of hydrogen-bond acceptors (Lipinski definition) is 4. The van der Waals surface area contributed by atoms with Crippen molar-refractivity contribution in [3.63, 3.8) is 0 Å². The van der Waals surface area contributed by atoms with Crippen molar-refractivity contribution < 1.29 is 22.4 Å². The Balaban J connectivity index is 2.08. The summed E-state index contributed by atoms with van der Waals surface area (Å²) in [5.41, 5.74) is 0.912. The highest BCUT2D eigenvalue weighted by Gasteiger charge is 2.19. The molecule has 0 aromatic heterocycles. The molecule has 7 nitrogen and oxygen atoms in total. The normalized spacial score (nSPS) is 10.9. The van der Waals surface area contributed by atoms with Crippen molar-refractivity contribution in [1.29, 1.82) is 0 Å². The van der Waals surface area contributed by atoms with Crippen LogP contribution in [0.5, 0.6) is 0 Å². The van der Waals surface area contributed by atoms with E-state index in [1.807, 2.05) is 0 Å². The van der Waals surface area contributed by atoms with Crippen LogP contribution in [0.4, 0.5) is 21.5 Å². The summed E-state index contributed by atoms with van der Waals surface area (Å²) in [6.07, 6.45) is 0.873. The molecule has 0 saturated heterocycles. The number of halogens is 1. The van der Waals surface area contributed by atoms with Crippen molar-refractivity contribution in [3.8, 4) is 0 Å². The van der Waals surface area contributed by atoms with E-state index in [2.05, 4.69) is 10.6 Å². The largest absolute Gasteiger partial charge is 0.326 e. The molecule has 2 N–H and O–H groups in total. The summed E-state index contributed by atoms with van der Waals surface area (Å²) in [6.45, 7) is 1.25. The number of rotatable bonds is 7. The van der Waals surface area contributed by atoms with Gasteiger partial charge in [0.25, 0.3) is 0 Å². The van der Waals surface area contributed by atoms with Gasteiger partial charge in [-0.05, 0) is 36.4 Å². The van der Waals surface area contributed by atoms with E-state index < -0.39 is 21.7 Å². The lowest BCUT2D eigenvalue weighted by Crippen LogP contribution is -2.33.